The van der Waals surface area contributed by atoms with E-state index >= 15 is 0 Å². The zero-order valence-corrected chi connectivity index (χ0v) is 13.1. The average Bonchev–Trinajstić information content (AvgIpc) is 2.63. The van der Waals surface area contributed by atoms with Crippen LogP contribution in [0.25, 0.3) is 0 Å². The maximum absolute atomic E-state index is 12.5. The van der Waals surface area contributed by atoms with Crippen LogP contribution < -0.4 is 15.0 Å². The Hall–Kier alpha value is -2.63. The Labute approximate surface area is 135 Å². The lowest BCUT2D eigenvalue weighted by atomic mass is 9.96. The van der Waals surface area contributed by atoms with Crippen LogP contribution in [-0.2, 0) is 4.79 Å². The Bertz CT molecular complexity index is 655. The standard InChI is InChI=1S/C17H20N4O2/c1-23-15-6-3-2-5-14(15)20-16(22)13-7-11-21(12-8-13)17-18-9-4-10-19-17/h2-6,9-10,13H,7-8,11-12H2,1H3,(H,20,22). The predicted octanol–water partition coefficient (Wildman–Crippen LogP) is 2.34. The molecule has 1 aliphatic heterocycles. The van der Waals surface area contributed by atoms with Gasteiger partial charge in [0.15, 0.2) is 0 Å². The molecule has 0 bridgehead atoms. The van der Waals surface area contributed by atoms with Crippen molar-refractivity contribution in [2.75, 3.05) is 30.4 Å². The van der Waals surface area contributed by atoms with Gasteiger partial charge in [-0.25, -0.2) is 9.97 Å². The predicted molar refractivity (Wildman–Crippen MR) is 88.6 cm³/mol. The van der Waals surface area contributed by atoms with Gasteiger partial charge in [0, 0.05) is 31.4 Å². The minimum Gasteiger partial charge on any atom is -0.495 e. The SMILES string of the molecule is COc1ccccc1NC(=O)C1CCN(c2ncccn2)CC1. The zero-order valence-electron chi connectivity index (χ0n) is 13.1. The molecule has 3 rings (SSSR count). The van der Waals surface area contributed by atoms with Crippen molar-refractivity contribution in [3.63, 3.8) is 0 Å². The Morgan fingerprint density at radius 1 is 1.17 bits per heavy atom. The summed E-state index contributed by atoms with van der Waals surface area (Å²) in [7, 11) is 1.60. The van der Waals surface area contributed by atoms with Crippen LogP contribution in [0.4, 0.5) is 11.6 Å². The highest BCUT2D eigenvalue weighted by molar-refractivity contribution is 5.94. The molecule has 1 fully saturated rings. The summed E-state index contributed by atoms with van der Waals surface area (Å²) < 4.78 is 5.27. The van der Waals surface area contributed by atoms with Crippen LogP contribution in [0.3, 0.4) is 0 Å². The van der Waals surface area contributed by atoms with Crippen molar-refractivity contribution in [2.24, 2.45) is 5.92 Å². The molecular weight excluding hydrogens is 292 g/mol. The van der Waals surface area contributed by atoms with Crippen LogP contribution in [0.15, 0.2) is 42.7 Å². The lowest BCUT2D eigenvalue weighted by Crippen LogP contribution is -2.39. The Morgan fingerprint density at radius 2 is 1.87 bits per heavy atom. The molecule has 1 aliphatic rings. The van der Waals surface area contributed by atoms with Crippen molar-refractivity contribution in [1.29, 1.82) is 0 Å². The second kappa shape index (κ2) is 7.09. The number of nitrogens with one attached hydrogen (secondary N) is 1. The average molecular weight is 312 g/mol. The van der Waals surface area contributed by atoms with Gasteiger partial charge in [-0.05, 0) is 31.0 Å². The van der Waals surface area contributed by atoms with Crippen LogP contribution in [0.2, 0.25) is 0 Å². The maximum Gasteiger partial charge on any atom is 0.227 e. The molecule has 0 unspecified atom stereocenters. The number of benzene rings is 1. The summed E-state index contributed by atoms with van der Waals surface area (Å²) in [6, 6.07) is 9.26. The van der Waals surface area contributed by atoms with Crippen molar-refractivity contribution >= 4 is 17.5 Å². The number of carbonyl (C=O) groups excluding carboxylic acids is 1. The van der Waals surface area contributed by atoms with Gasteiger partial charge in [-0.1, -0.05) is 12.1 Å². The van der Waals surface area contributed by atoms with Crippen LogP contribution in [0, 0.1) is 5.92 Å². The molecule has 1 amide bonds. The fourth-order valence-corrected chi connectivity index (χ4v) is 2.78. The van der Waals surface area contributed by atoms with Gasteiger partial charge in [-0.2, -0.15) is 0 Å². The molecule has 6 nitrogen and oxygen atoms in total. The molecule has 2 aromatic rings. The van der Waals surface area contributed by atoms with Crippen LogP contribution in [-0.4, -0.2) is 36.1 Å². The number of carbonyl (C=O) groups is 1. The number of nitrogens with zero attached hydrogens (tertiary/aromatic N) is 3. The second-order valence-corrected chi connectivity index (χ2v) is 5.50. The number of hydrogen-bond acceptors (Lipinski definition) is 5. The van der Waals surface area contributed by atoms with Crippen molar-refractivity contribution in [3.05, 3.63) is 42.7 Å². The van der Waals surface area contributed by atoms with E-state index < -0.39 is 0 Å². The van der Waals surface area contributed by atoms with E-state index in [0.29, 0.717) is 11.4 Å². The van der Waals surface area contributed by atoms with E-state index in [1.807, 2.05) is 24.3 Å². The summed E-state index contributed by atoms with van der Waals surface area (Å²) in [6.07, 6.45) is 5.06. The summed E-state index contributed by atoms with van der Waals surface area (Å²) in [4.78, 5) is 23.1. The van der Waals surface area contributed by atoms with Crippen molar-refractivity contribution in [1.82, 2.24) is 9.97 Å². The second-order valence-electron chi connectivity index (χ2n) is 5.50. The fraction of sp³-hybridized carbons (Fsp3) is 0.353. The fourth-order valence-electron chi connectivity index (χ4n) is 2.78. The zero-order chi connectivity index (χ0) is 16.1. The van der Waals surface area contributed by atoms with Crippen LogP contribution >= 0.6 is 0 Å². The summed E-state index contributed by atoms with van der Waals surface area (Å²) in [5, 5.41) is 2.97. The summed E-state index contributed by atoms with van der Waals surface area (Å²) in [5.74, 6) is 1.45. The minimum atomic E-state index is -0.000116. The molecule has 6 heteroatoms. The number of hydrogen-bond donors (Lipinski definition) is 1. The normalized spacial score (nSPS) is 15.3. The summed E-state index contributed by atoms with van der Waals surface area (Å²) >= 11 is 0. The van der Waals surface area contributed by atoms with Crippen molar-refractivity contribution in [2.45, 2.75) is 12.8 Å². The molecule has 1 N–H and O–H groups in total. The molecule has 1 saturated heterocycles. The quantitative estimate of drug-likeness (QED) is 0.938. The molecule has 1 aromatic heterocycles. The highest BCUT2D eigenvalue weighted by Crippen LogP contribution is 2.26. The molecule has 23 heavy (non-hydrogen) atoms. The van der Waals surface area contributed by atoms with Crippen molar-refractivity contribution in [3.8, 4) is 5.75 Å². The first-order valence-corrected chi connectivity index (χ1v) is 7.74. The molecule has 2 heterocycles. The molecule has 0 atom stereocenters. The van der Waals surface area contributed by atoms with Gasteiger partial charge >= 0.3 is 0 Å². The van der Waals surface area contributed by atoms with Crippen molar-refractivity contribution < 1.29 is 9.53 Å². The van der Waals surface area contributed by atoms with Gasteiger partial charge in [0.2, 0.25) is 11.9 Å². The molecule has 0 aliphatic carbocycles. The number of piperidine rings is 1. The molecule has 0 spiro atoms. The summed E-state index contributed by atoms with van der Waals surface area (Å²) in [5.41, 5.74) is 0.717. The van der Waals surface area contributed by atoms with E-state index in [1.54, 1.807) is 25.6 Å². The van der Waals surface area contributed by atoms with E-state index in [2.05, 4.69) is 20.2 Å². The third-order valence-corrected chi connectivity index (χ3v) is 4.07. The number of ether oxygens (including phenoxy) is 1. The third-order valence-electron chi connectivity index (χ3n) is 4.07. The molecule has 1 aromatic carbocycles. The lowest BCUT2D eigenvalue weighted by Gasteiger charge is -2.31. The highest BCUT2D eigenvalue weighted by Gasteiger charge is 2.26. The van der Waals surface area contributed by atoms with E-state index in [9.17, 15) is 4.79 Å². The number of anilines is 2. The molecular formula is C17H20N4O2. The molecule has 0 saturated carbocycles. The first kappa shape index (κ1) is 15.3. The smallest absolute Gasteiger partial charge is 0.227 e. The van der Waals surface area contributed by atoms with Gasteiger partial charge in [-0.15, -0.1) is 0 Å². The topological polar surface area (TPSA) is 67.3 Å². The van der Waals surface area contributed by atoms with Gasteiger partial charge in [0.05, 0.1) is 12.8 Å². The van der Waals surface area contributed by atoms with Crippen LogP contribution in [0.5, 0.6) is 5.75 Å². The number of para-hydroxylation sites is 2. The highest BCUT2D eigenvalue weighted by atomic mass is 16.5. The van der Waals surface area contributed by atoms with E-state index in [0.717, 1.165) is 31.9 Å². The molecule has 120 valence electrons. The Kier molecular flexibility index (Phi) is 4.71. The monoisotopic (exact) mass is 312 g/mol. The third kappa shape index (κ3) is 3.59. The minimum absolute atomic E-state index is 0.000116. The summed E-state index contributed by atoms with van der Waals surface area (Å²) in [6.45, 7) is 1.57. The van der Waals surface area contributed by atoms with E-state index in [1.165, 1.54) is 0 Å². The van der Waals surface area contributed by atoms with Gasteiger partial charge in [-0.3, -0.25) is 4.79 Å². The van der Waals surface area contributed by atoms with Gasteiger partial charge in [0.1, 0.15) is 5.75 Å². The number of amides is 1. The largest absolute Gasteiger partial charge is 0.495 e. The Morgan fingerprint density at radius 3 is 2.57 bits per heavy atom. The first-order chi connectivity index (χ1) is 11.3. The maximum atomic E-state index is 12.5. The lowest BCUT2D eigenvalue weighted by molar-refractivity contribution is -0.120. The van der Waals surface area contributed by atoms with Gasteiger partial charge in [0.25, 0.3) is 0 Å². The Balaban J connectivity index is 1.58. The first-order valence-electron chi connectivity index (χ1n) is 7.74. The number of methoxy groups -OCH3 is 1. The van der Waals surface area contributed by atoms with Crippen LogP contribution in [0.1, 0.15) is 12.8 Å². The van der Waals surface area contributed by atoms with Gasteiger partial charge < -0.3 is 15.0 Å². The number of aromatic nitrogens is 2. The van der Waals surface area contributed by atoms with E-state index in [-0.39, 0.29) is 11.8 Å². The molecule has 0 radical (unpaired) electrons. The van der Waals surface area contributed by atoms with E-state index in [4.69, 9.17) is 4.74 Å². The number of rotatable bonds is 4.